The lowest BCUT2D eigenvalue weighted by atomic mass is 9.98. The summed E-state index contributed by atoms with van der Waals surface area (Å²) in [6.45, 7) is 1.43. The van der Waals surface area contributed by atoms with E-state index in [4.69, 9.17) is 4.74 Å². The number of hydrogen-bond acceptors (Lipinski definition) is 2. The third-order valence-electron chi connectivity index (χ3n) is 3.41. The van der Waals surface area contributed by atoms with Crippen molar-refractivity contribution in [2.45, 2.75) is 19.4 Å². The summed E-state index contributed by atoms with van der Waals surface area (Å²) in [5.74, 6) is -0.00528. The predicted molar refractivity (Wildman–Crippen MR) is 74.0 cm³/mol. The number of nitrogens with one attached hydrogen (secondary N) is 1. The number of para-hydroxylation sites is 1. The number of hydrogen-bond donors (Lipinski definition) is 1. The van der Waals surface area contributed by atoms with E-state index in [1.54, 1.807) is 18.2 Å². The van der Waals surface area contributed by atoms with Crippen LogP contribution in [0, 0.1) is 5.82 Å². The molecule has 19 heavy (non-hydrogen) atoms. The van der Waals surface area contributed by atoms with Gasteiger partial charge < -0.3 is 10.1 Å². The zero-order chi connectivity index (χ0) is 13.1. The molecule has 0 unspecified atom stereocenters. The number of fused-ring (bicyclic) bond motifs is 1. The normalized spacial score (nSPS) is 13.5. The van der Waals surface area contributed by atoms with Gasteiger partial charge in [-0.2, -0.15) is 0 Å². The first-order valence-electron chi connectivity index (χ1n) is 6.56. The van der Waals surface area contributed by atoms with Gasteiger partial charge in [0.1, 0.15) is 6.61 Å². The molecule has 3 heteroatoms. The Morgan fingerprint density at radius 2 is 2.00 bits per heavy atom. The van der Waals surface area contributed by atoms with Gasteiger partial charge >= 0.3 is 0 Å². The summed E-state index contributed by atoms with van der Waals surface area (Å²) in [5, 5.41) is 3.38. The second-order valence-corrected chi connectivity index (χ2v) is 4.69. The minimum Gasteiger partial charge on any atom is -0.486 e. The van der Waals surface area contributed by atoms with Crippen molar-refractivity contribution in [2.24, 2.45) is 0 Å². The zero-order valence-electron chi connectivity index (χ0n) is 10.7. The topological polar surface area (TPSA) is 21.3 Å². The maximum absolute atomic E-state index is 13.5. The van der Waals surface area contributed by atoms with Gasteiger partial charge in [0.05, 0.1) is 0 Å². The van der Waals surface area contributed by atoms with Crippen LogP contribution < -0.4 is 10.1 Å². The molecule has 0 atom stereocenters. The van der Waals surface area contributed by atoms with E-state index in [2.05, 4.69) is 11.4 Å². The zero-order valence-corrected chi connectivity index (χ0v) is 10.7. The lowest BCUT2D eigenvalue weighted by molar-refractivity contribution is 0.289. The van der Waals surface area contributed by atoms with Gasteiger partial charge in [-0.15, -0.1) is 0 Å². The average molecular weight is 257 g/mol. The Bertz CT molecular complexity index is 583. The molecular formula is C16H16FNO. The van der Waals surface area contributed by atoms with E-state index < -0.39 is 0 Å². The maximum Gasteiger partial charge on any atom is 0.165 e. The third-order valence-corrected chi connectivity index (χ3v) is 3.41. The molecule has 1 heterocycles. The lowest BCUT2D eigenvalue weighted by Crippen LogP contribution is -2.14. The first kappa shape index (κ1) is 12.0. The van der Waals surface area contributed by atoms with Crippen LogP contribution in [0.25, 0.3) is 0 Å². The van der Waals surface area contributed by atoms with Crippen LogP contribution in [0.5, 0.6) is 5.75 Å². The van der Waals surface area contributed by atoms with E-state index in [0.717, 1.165) is 24.9 Å². The Balaban J connectivity index is 1.79. The van der Waals surface area contributed by atoms with E-state index in [0.29, 0.717) is 12.4 Å². The van der Waals surface area contributed by atoms with E-state index in [1.165, 1.54) is 17.3 Å². The number of benzene rings is 2. The number of ether oxygens (including phenoxy) is 1. The summed E-state index contributed by atoms with van der Waals surface area (Å²) >= 11 is 0. The molecule has 0 radical (unpaired) electrons. The molecule has 1 aliphatic heterocycles. The van der Waals surface area contributed by atoms with Gasteiger partial charge in [0, 0.05) is 12.2 Å². The van der Waals surface area contributed by atoms with Gasteiger partial charge in [-0.25, -0.2) is 4.39 Å². The van der Waals surface area contributed by atoms with Crippen LogP contribution in [0.15, 0.2) is 42.5 Å². The molecule has 0 bridgehead atoms. The highest BCUT2D eigenvalue weighted by molar-refractivity contribution is 5.56. The van der Waals surface area contributed by atoms with Gasteiger partial charge in [-0.3, -0.25) is 0 Å². The molecule has 0 saturated heterocycles. The Morgan fingerprint density at radius 3 is 2.89 bits per heavy atom. The molecule has 1 N–H and O–H groups in total. The summed E-state index contributed by atoms with van der Waals surface area (Å²) in [5.41, 5.74) is 3.61. The van der Waals surface area contributed by atoms with Crippen molar-refractivity contribution in [3.05, 3.63) is 59.4 Å². The van der Waals surface area contributed by atoms with Gasteiger partial charge in [-0.1, -0.05) is 24.3 Å². The van der Waals surface area contributed by atoms with E-state index in [9.17, 15) is 4.39 Å². The molecule has 0 spiro atoms. The molecule has 0 aromatic heterocycles. The fraction of sp³-hybridized carbons (Fsp3) is 0.250. The molecule has 98 valence electrons. The summed E-state index contributed by atoms with van der Waals surface area (Å²) in [7, 11) is 0. The fourth-order valence-electron chi connectivity index (χ4n) is 2.44. The Morgan fingerprint density at radius 1 is 1.11 bits per heavy atom. The molecule has 2 aromatic rings. The van der Waals surface area contributed by atoms with E-state index in [-0.39, 0.29) is 5.82 Å². The first-order valence-corrected chi connectivity index (χ1v) is 6.56. The Hall–Kier alpha value is -2.03. The molecule has 2 aromatic carbocycles. The molecule has 0 saturated carbocycles. The fourth-order valence-corrected chi connectivity index (χ4v) is 2.44. The standard InChI is InChI=1S/C16H16FNO/c17-14-7-1-2-9-16(14)19-11-12-5-3-8-15-13(12)6-4-10-18-15/h1-3,5,7-9,18H,4,6,10-11H2. The van der Waals surface area contributed by atoms with Crippen molar-refractivity contribution in [3.8, 4) is 5.75 Å². The van der Waals surface area contributed by atoms with Crippen LogP contribution in [0.3, 0.4) is 0 Å². The van der Waals surface area contributed by atoms with Gasteiger partial charge in [0.2, 0.25) is 0 Å². The highest BCUT2D eigenvalue weighted by atomic mass is 19.1. The summed E-state index contributed by atoms with van der Waals surface area (Å²) < 4.78 is 19.1. The van der Waals surface area contributed by atoms with Crippen molar-refractivity contribution in [1.29, 1.82) is 0 Å². The molecule has 3 rings (SSSR count). The number of rotatable bonds is 3. The van der Waals surface area contributed by atoms with E-state index >= 15 is 0 Å². The molecule has 0 aliphatic carbocycles. The minimum absolute atomic E-state index is 0.309. The third kappa shape index (κ3) is 2.55. The van der Waals surface area contributed by atoms with E-state index in [1.807, 2.05) is 12.1 Å². The van der Waals surface area contributed by atoms with Gasteiger partial charge in [0.15, 0.2) is 11.6 Å². The molecule has 2 nitrogen and oxygen atoms in total. The molecule has 0 fully saturated rings. The largest absolute Gasteiger partial charge is 0.486 e. The Kier molecular flexibility index (Phi) is 3.36. The van der Waals surface area contributed by atoms with Crippen molar-refractivity contribution in [3.63, 3.8) is 0 Å². The van der Waals surface area contributed by atoms with Gasteiger partial charge in [-0.05, 0) is 42.2 Å². The Labute approximate surface area is 112 Å². The molecule has 1 aliphatic rings. The summed E-state index contributed by atoms with van der Waals surface area (Å²) in [6.07, 6.45) is 2.18. The quantitative estimate of drug-likeness (QED) is 0.904. The highest BCUT2D eigenvalue weighted by Crippen LogP contribution is 2.26. The van der Waals surface area contributed by atoms with Crippen LogP contribution in [0.2, 0.25) is 0 Å². The van der Waals surface area contributed by atoms with Crippen LogP contribution in [-0.2, 0) is 13.0 Å². The second kappa shape index (κ2) is 5.31. The van der Waals surface area contributed by atoms with Crippen LogP contribution in [0.1, 0.15) is 17.5 Å². The van der Waals surface area contributed by atoms with Crippen molar-refractivity contribution in [1.82, 2.24) is 0 Å². The van der Waals surface area contributed by atoms with Gasteiger partial charge in [0.25, 0.3) is 0 Å². The number of halogens is 1. The van der Waals surface area contributed by atoms with Crippen LogP contribution >= 0.6 is 0 Å². The summed E-state index contributed by atoms with van der Waals surface area (Å²) in [4.78, 5) is 0. The average Bonchev–Trinajstić information content (AvgIpc) is 2.46. The van der Waals surface area contributed by atoms with Crippen LogP contribution in [-0.4, -0.2) is 6.54 Å². The minimum atomic E-state index is -0.314. The molecule has 0 amide bonds. The second-order valence-electron chi connectivity index (χ2n) is 4.69. The smallest absolute Gasteiger partial charge is 0.165 e. The highest BCUT2D eigenvalue weighted by Gasteiger charge is 2.13. The predicted octanol–water partition coefficient (Wildman–Crippen LogP) is 3.76. The van der Waals surface area contributed by atoms with Crippen LogP contribution in [0.4, 0.5) is 10.1 Å². The van der Waals surface area contributed by atoms with Crippen molar-refractivity contribution in [2.75, 3.05) is 11.9 Å². The first-order chi connectivity index (χ1) is 9.34. The molecular weight excluding hydrogens is 241 g/mol. The van der Waals surface area contributed by atoms with Crippen molar-refractivity contribution < 1.29 is 9.13 Å². The lowest BCUT2D eigenvalue weighted by Gasteiger charge is -2.21. The number of anilines is 1. The SMILES string of the molecule is Fc1ccccc1OCc1cccc2c1CCCN2. The maximum atomic E-state index is 13.5. The summed E-state index contributed by atoms with van der Waals surface area (Å²) in [6, 6.07) is 12.7. The monoisotopic (exact) mass is 257 g/mol. The van der Waals surface area contributed by atoms with Crippen molar-refractivity contribution >= 4 is 5.69 Å².